The molecule has 0 aliphatic heterocycles. The predicted octanol–water partition coefficient (Wildman–Crippen LogP) is 1.76. The third-order valence-electron chi connectivity index (χ3n) is 7.70. The van der Waals surface area contributed by atoms with Crippen LogP contribution < -0.4 is 24.8 Å². The van der Waals surface area contributed by atoms with Crippen LogP contribution in [0.1, 0.15) is 47.4 Å². The quantitative estimate of drug-likeness (QED) is 0.313. The number of hydrogen-bond acceptors (Lipinski definition) is 0. The summed E-state index contributed by atoms with van der Waals surface area (Å²) in [5.74, 6) is 0. The molecule has 4 aromatic rings. The standard InChI is InChI=1S/C30H30N2Si.2ClH.Zr/c1-21-19-23-15-17-31(25-11-7-5-8-12-25)27(23)29(21)33(3,4)30-22(2)20-24-16-18-32(28(24)30)26-13-9-6-10-14-26;;;/h5-20,29-30H,1-4H3;2*1H;/q;;;+2/p-2. The summed E-state index contributed by atoms with van der Waals surface area (Å²) in [6, 6.07) is 26.2. The van der Waals surface area contributed by atoms with Crippen LogP contribution in [-0.4, -0.2) is 17.2 Å². The zero-order valence-electron chi connectivity index (χ0n) is 21.0. The first-order chi connectivity index (χ1) is 16.0. The first-order valence-electron chi connectivity index (χ1n) is 11.9. The Morgan fingerprint density at radius 2 is 0.944 bits per heavy atom. The number of hydrogen-bond donors (Lipinski definition) is 0. The molecule has 2 aromatic carbocycles. The van der Waals surface area contributed by atoms with Crippen molar-refractivity contribution in [3.63, 3.8) is 0 Å². The largest absolute Gasteiger partial charge is 2.00 e. The van der Waals surface area contributed by atoms with Crippen molar-refractivity contribution in [3.8, 4) is 11.4 Å². The summed E-state index contributed by atoms with van der Waals surface area (Å²) in [7, 11) is -1.90. The van der Waals surface area contributed by atoms with E-state index in [0.717, 1.165) is 0 Å². The Hall–Kier alpha value is -1.84. The average Bonchev–Trinajstić information content (AvgIpc) is 3.54. The van der Waals surface area contributed by atoms with E-state index in [-0.39, 0.29) is 51.0 Å². The minimum absolute atomic E-state index is 0. The van der Waals surface area contributed by atoms with E-state index in [2.05, 4.69) is 133 Å². The smallest absolute Gasteiger partial charge is 1.00 e. The van der Waals surface area contributed by atoms with Crippen molar-refractivity contribution in [2.45, 2.75) is 38.0 Å². The van der Waals surface area contributed by atoms with Crippen LogP contribution >= 0.6 is 0 Å². The van der Waals surface area contributed by atoms with E-state index in [1.807, 2.05) is 0 Å². The van der Waals surface area contributed by atoms with E-state index in [1.54, 1.807) is 0 Å². The fourth-order valence-electron chi connectivity index (χ4n) is 6.54. The summed E-state index contributed by atoms with van der Waals surface area (Å²) < 4.78 is 4.87. The molecule has 2 atom stereocenters. The molecule has 2 aliphatic carbocycles. The molecule has 2 heterocycles. The van der Waals surface area contributed by atoms with Gasteiger partial charge in [-0.2, -0.15) is 0 Å². The van der Waals surface area contributed by atoms with Crippen molar-refractivity contribution < 1.29 is 51.0 Å². The van der Waals surface area contributed by atoms with Gasteiger partial charge >= 0.3 is 26.2 Å². The van der Waals surface area contributed by atoms with Gasteiger partial charge in [0.1, 0.15) is 0 Å². The van der Waals surface area contributed by atoms with Gasteiger partial charge in [0.15, 0.2) is 0 Å². The van der Waals surface area contributed by atoms with Crippen molar-refractivity contribution in [1.82, 2.24) is 9.13 Å². The summed E-state index contributed by atoms with van der Waals surface area (Å²) in [4.78, 5) is 0. The molecule has 2 unspecified atom stereocenters. The number of halogens is 2. The maximum atomic E-state index is 2.60. The molecular weight excluding hydrogens is 579 g/mol. The Morgan fingerprint density at radius 3 is 1.31 bits per heavy atom. The average molecular weight is 609 g/mol. The van der Waals surface area contributed by atoms with Crippen LogP contribution in [0.25, 0.3) is 23.5 Å². The molecular formula is C30H30Cl2N2SiZr. The van der Waals surface area contributed by atoms with Crippen LogP contribution in [0, 0.1) is 0 Å². The second kappa shape index (κ2) is 10.9. The molecule has 0 fully saturated rings. The Balaban J connectivity index is 0.00000120. The minimum Gasteiger partial charge on any atom is -1.00 e. The number of fused-ring (bicyclic) bond motifs is 2. The van der Waals surface area contributed by atoms with Gasteiger partial charge < -0.3 is 33.9 Å². The monoisotopic (exact) mass is 606 g/mol. The van der Waals surface area contributed by atoms with Gasteiger partial charge in [-0.05, 0) is 61.4 Å². The molecule has 0 amide bonds. The Bertz CT molecular complexity index is 1310. The topological polar surface area (TPSA) is 9.86 Å². The molecule has 6 heteroatoms. The minimum atomic E-state index is -1.90. The van der Waals surface area contributed by atoms with Crippen LogP contribution in [-0.2, 0) is 26.2 Å². The molecule has 0 bridgehead atoms. The maximum Gasteiger partial charge on any atom is 2.00 e. The van der Waals surface area contributed by atoms with Crippen LogP contribution in [0.4, 0.5) is 0 Å². The van der Waals surface area contributed by atoms with E-state index in [9.17, 15) is 0 Å². The molecule has 0 saturated carbocycles. The van der Waals surface area contributed by atoms with Gasteiger partial charge in [-0.25, -0.2) is 0 Å². The molecule has 6 rings (SSSR count). The van der Waals surface area contributed by atoms with Crippen molar-refractivity contribution in [2.24, 2.45) is 0 Å². The fraction of sp³-hybridized carbons (Fsp3) is 0.200. The number of rotatable bonds is 4. The molecule has 2 nitrogen and oxygen atoms in total. The fourth-order valence-corrected chi connectivity index (χ4v) is 11.4. The number of allylic oxidation sites excluding steroid dienone is 2. The molecule has 182 valence electrons. The van der Waals surface area contributed by atoms with E-state index < -0.39 is 8.07 Å². The van der Waals surface area contributed by atoms with Crippen LogP contribution in [0.2, 0.25) is 13.1 Å². The zero-order valence-corrected chi connectivity index (χ0v) is 26.0. The SMILES string of the molecule is CC1=Cc2ccn(-c3ccccc3)c2C1[Si](C)(C)C1C(C)=Cc2ccn(-c3ccccc3)c21.[Cl-].[Cl-].[Zr+2]. The van der Waals surface area contributed by atoms with Crippen molar-refractivity contribution in [1.29, 1.82) is 0 Å². The van der Waals surface area contributed by atoms with Crippen LogP contribution in [0.3, 0.4) is 0 Å². The van der Waals surface area contributed by atoms with E-state index in [4.69, 9.17) is 0 Å². The van der Waals surface area contributed by atoms with E-state index in [0.29, 0.717) is 11.1 Å². The van der Waals surface area contributed by atoms with Gasteiger partial charge in [-0.1, -0.05) is 72.8 Å². The third kappa shape index (κ3) is 4.41. The summed E-state index contributed by atoms with van der Waals surface area (Å²) in [5, 5.41) is 0. The summed E-state index contributed by atoms with van der Waals surface area (Å²) in [6.07, 6.45) is 9.38. The summed E-state index contributed by atoms with van der Waals surface area (Å²) in [5.41, 5.74) is 12.2. The van der Waals surface area contributed by atoms with Gasteiger partial charge in [0.05, 0.1) is 8.07 Å². The van der Waals surface area contributed by atoms with Gasteiger partial charge in [0, 0.05) is 46.2 Å². The van der Waals surface area contributed by atoms with Crippen LogP contribution in [0.5, 0.6) is 0 Å². The molecule has 36 heavy (non-hydrogen) atoms. The zero-order chi connectivity index (χ0) is 22.7. The number of nitrogens with zero attached hydrogens (tertiary/aromatic N) is 2. The Morgan fingerprint density at radius 1 is 0.583 bits per heavy atom. The molecule has 0 spiro atoms. The van der Waals surface area contributed by atoms with Crippen molar-refractivity contribution >= 4 is 20.2 Å². The molecule has 2 aliphatic rings. The Labute approximate surface area is 247 Å². The number of aromatic nitrogens is 2. The Kier molecular flexibility index (Phi) is 8.68. The predicted molar refractivity (Wildman–Crippen MR) is 142 cm³/mol. The first-order valence-corrected chi connectivity index (χ1v) is 15.0. The molecule has 0 N–H and O–H groups in total. The summed E-state index contributed by atoms with van der Waals surface area (Å²) in [6.45, 7) is 9.90. The third-order valence-corrected chi connectivity index (χ3v) is 12.1. The molecule has 0 saturated heterocycles. The second-order valence-corrected chi connectivity index (χ2v) is 15.0. The number of benzene rings is 2. The first kappa shape index (κ1) is 28.7. The van der Waals surface area contributed by atoms with Gasteiger partial charge in [0.2, 0.25) is 0 Å². The van der Waals surface area contributed by atoms with Gasteiger partial charge in [-0.15, -0.1) is 0 Å². The molecule has 0 radical (unpaired) electrons. The molecule has 2 aromatic heterocycles. The maximum absolute atomic E-state index is 2.60. The second-order valence-electron chi connectivity index (χ2n) is 10.2. The van der Waals surface area contributed by atoms with E-state index in [1.165, 1.54) is 45.0 Å². The van der Waals surface area contributed by atoms with Gasteiger partial charge in [0.25, 0.3) is 0 Å². The van der Waals surface area contributed by atoms with Gasteiger partial charge in [-0.3, -0.25) is 0 Å². The van der Waals surface area contributed by atoms with E-state index >= 15 is 0 Å². The normalized spacial score (nSPS) is 17.7. The van der Waals surface area contributed by atoms with Crippen molar-refractivity contribution in [2.75, 3.05) is 0 Å². The number of para-hydroxylation sites is 2. The van der Waals surface area contributed by atoms with Crippen molar-refractivity contribution in [3.05, 3.63) is 119 Å². The summed E-state index contributed by atoms with van der Waals surface area (Å²) >= 11 is 0. The van der Waals surface area contributed by atoms with Crippen LogP contribution in [0.15, 0.2) is 96.3 Å².